The minimum Gasteiger partial charge on any atom is -0.381 e. The first kappa shape index (κ1) is 9.37. The molecule has 0 aromatic heterocycles. The van der Waals surface area contributed by atoms with Gasteiger partial charge in [-0.25, -0.2) is 0 Å². The zero-order valence-electron chi connectivity index (χ0n) is 8.08. The average molecular weight is 188 g/mol. The van der Waals surface area contributed by atoms with Crippen LogP contribution in [0, 0.1) is 0 Å². The number of likely N-dealkylation sites (N-methyl/N-ethyl adjacent to an activating group) is 1. The molecule has 0 aliphatic carbocycles. The molecule has 0 N–H and O–H groups in total. The molecule has 2 saturated heterocycles. The Bertz CT molecular complexity index is 165. The van der Waals surface area contributed by atoms with Crippen molar-refractivity contribution in [2.24, 2.45) is 0 Å². The third-order valence-corrected chi connectivity index (χ3v) is 3.10. The Labute approximate surface area is 78.4 Å². The Kier molecular flexibility index (Phi) is 2.81. The second-order valence-corrected chi connectivity index (χ2v) is 3.98. The monoisotopic (exact) mass is 188 g/mol. The van der Waals surface area contributed by atoms with Crippen molar-refractivity contribution in [3.05, 3.63) is 0 Å². The number of hydrogen-bond donors (Lipinski definition) is 0. The maximum absolute atomic E-state index is 12.7. The molecule has 4 heteroatoms. The fourth-order valence-corrected chi connectivity index (χ4v) is 2.06. The van der Waals surface area contributed by atoms with Crippen LogP contribution in [0.2, 0.25) is 0 Å². The summed E-state index contributed by atoms with van der Waals surface area (Å²) in [5, 5.41) is 0.829. The summed E-state index contributed by atoms with van der Waals surface area (Å²) in [6.07, 6.45) is 2.23. The summed E-state index contributed by atoms with van der Waals surface area (Å²) in [7, 11) is 1.51. The predicted molar refractivity (Wildman–Crippen MR) is 48.1 cm³/mol. The van der Waals surface area contributed by atoms with Gasteiger partial charge in [0.05, 0.1) is 6.04 Å². The highest BCUT2D eigenvalue weighted by atomic mass is 19.2. The summed E-state index contributed by atoms with van der Waals surface area (Å²) in [4.78, 5) is 2.36. The summed E-state index contributed by atoms with van der Waals surface area (Å²) in [5.41, 5.74) is 0. The number of nitrogens with zero attached hydrogens (tertiary/aromatic N) is 2. The van der Waals surface area contributed by atoms with Crippen LogP contribution in [0.3, 0.4) is 0 Å². The third kappa shape index (κ3) is 2.00. The molecule has 0 unspecified atom stereocenters. The van der Waals surface area contributed by atoms with Crippen molar-refractivity contribution in [2.45, 2.75) is 24.9 Å². The number of ether oxygens (including phenoxy) is 1. The van der Waals surface area contributed by atoms with E-state index in [1.54, 1.807) is 0 Å². The van der Waals surface area contributed by atoms with E-state index < -0.39 is 0 Å². The molecule has 0 aromatic carbocycles. The van der Waals surface area contributed by atoms with Gasteiger partial charge in [-0.3, -0.25) is 4.90 Å². The quantitative estimate of drug-likeness (QED) is 0.592. The van der Waals surface area contributed by atoms with Gasteiger partial charge in [-0.15, -0.1) is 9.60 Å². The molecule has 0 atom stereocenters. The van der Waals surface area contributed by atoms with Gasteiger partial charge >= 0.3 is 0 Å². The molecular formula is C9H17FN2O. The maximum atomic E-state index is 12.7. The van der Waals surface area contributed by atoms with Crippen LogP contribution in [0.15, 0.2) is 0 Å². The van der Waals surface area contributed by atoms with E-state index in [1.807, 2.05) is 0 Å². The van der Waals surface area contributed by atoms with Crippen molar-refractivity contribution in [1.29, 1.82) is 0 Å². The highest BCUT2D eigenvalue weighted by molar-refractivity contribution is 4.89. The average Bonchev–Trinajstić information content (AvgIpc) is 2.02. The van der Waals surface area contributed by atoms with E-state index in [0.29, 0.717) is 6.04 Å². The Morgan fingerprint density at radius 1 is 1.31 bits per heavy atom. The molecule has 0 spiro atoms. The van der Waals surface area contributed by atoms with Gasteiger partial charge in [0, 0.05) is 39.4 Å². The van der Waals surface area contributed by atoms with Gasteiger partial charge in [-0.2, -0.15) is 0 Å². The fourth-order valence-electron chi connectivity index (χ4n) is 2.06. The number of rotatable bonds is 2. The van der Waals surface area contributed by atoms with Gasteiger partial charge in [0.25, 0.3) is 0 Å². The third-order valence-electron chi connectivity index (χ3n) is 3.10. The van der Waals surface area contributed by atoms with Crippen LogP contribution in [-0.4, -0.2) is 55.5 Å². The van der Waals surface area contributed by atoms with Gasteiger partial charge < -0.3 is 4.74 Å². The standard InChI is InChI=1S/C9H17FN2O/c1-11(10)9-6-12(7-9)8-2-4-13-5-3-8/h8-9H,2-7H2,1H3. The molecule has 3 nitrogen and oxygen atoms in total. The second kappa shape index (κ2) is 3.90. The molecule has 0 saturated carbocycles. The second-order valence-electron chi connectivity index (χ2n) is 3.98. The van der Waals surface area contributed by atoms with Crippen molar-refractivity contribution >= 4 is 0 Å². The molecule has 13 heavy (non-hydrogen) atoms. The molecule has 2 aliphatic heterocycles. The Hall–Kier alpha value is -0.190. The normalized spacial score (nSPS) is 27.9. The summed E-state index contributed by atoms with van der Waals surface area (Å²) in [6, 6.07) is 0.771. The fraction of sp³-hybridized carbons (Fsp3) is 1.00. The molecule has 2 rings (SSSR count). The molecule has 2 heterocycles. The van der Waals surface area contributed by atoms with E-state index in [0.717, 1.165) is 44.3 Å². The van der Waals surface area contributed by atoms with Crippen molar-refractivity contribution in [3.63, 3.8) is 0 Å². The van der Waals surface area contributed by atoms with Crippen LogP contribution in [0.4, 0.5) is 4.48 Å². The Morgan fingerprint density at radius 2 is 1.92 bits per heavy atom. The molecule has 76 valence electrons. The van der Waals surface area contributed by atoms with Gasteiger partial charge in [0.15, 0.2) is 0 Å². The zero-order valence-corrected chi connectivity index (χ0v) is 8.08. The molecule has 0 aromatic rings. The van der Waals surface area contributed by atoms with E-state index >= 15 is 0 Å². The minimum atomic E-state index is 0.128. The van der Waals surface area contributed by atoms with Gasteiger partial charge in [0.1, 0.15) is 0 Å². The van der Waals surface area contributed by atoms with Crippen LogP contribution < -0.4 is 0 Å². The summed E-state index contributed by atoms with van der Waals surface area (Å²) in [5.74, 6) is 0. The first-order valence-corrected chi connectivity index (χ1v) is 4.98. The smallest absolute Gasteiger partial charge is 0.0653 e. The number of halogens is 1. The molecule has 0 amide bonds. The van der Waals surface area contributed by atoms with E-state index in [4.69, 9.17) is 4.74 Å². The van der Waals surface area contributed by atoms with Crippen molar-refractivity contribution < 1.29 is 9.22 Å². The van der Waals surface area contributed by atoms with Crippen LogP contribution >= 0.6 is 0 Å². The molecule has 0 bridgehead atoms. The number of hydrogen-bond acceptors (Lipinski definition) is 3. The maximum Gasteiger partial charge on any atom is 0.0653 e. The van der Waals surface area contributed by atoms with Crippen LogP contribution in [-0.2, 0) is 4.74 Å². The lowest BCUT2D eigenvalue weighted by molar-refractivity contribution is -0.0919. The zero-order chi connectivity index (χ0) is 9.26. The molecule has 2 fully saturated rings. The van der Waals surface area contributed by atoms with E-state index in [2.05, 4.69) is 4.90 Å². The lowest BCUT2D eigenvalue weighted by Gasteiger charge is -2.46. The van der Waals surface area contributed by atoms with E-state index in [1.165, 1.54) is 7.05 Å². The summed E-state index contributed by atoms with van der Waals surface area (Å²) >= 11 is 0. The Morgan fingerprint density at radius 3 is 2.46 bits per heavy atom. The largest absolute Gasteiger partial charge is 0.381 e. The summed E-state index contributed by atoms with van der Waals surface area (Å²) in [6.45, 7) is 3.52. The highest BCUT2D eigenvalue weighted by Crippen LogP contribution is 2.22. The van der Waals surface area contributed by atoms with Crippen LogP contribution in [0.25, 0.3) is 0 Å². The molecular weight excluding hydrogens is 171 g/mol. The van der Waals surface area contributed by atoms with Crippen molar-refractivity contribution in [3.8, 4) is 0 Å². The lowest BCUT2D eigenvalue weighted by atomic mass is 10.00. The van der Waals surface area contributed by atoms with E-state index in [-0.39, 0.29) is 6.04 Å². The number of likely N-dealkylation sites (tertiary alicyclic amines) is 1. The van der Waals surface area contributed by atoms with Gasteiger partial charge in [-0.05, 0) is 12.8 Å². The first-order valence-electron chi connectivity index (χ1n) is 4.98. The molecule has 2 aliphatic rings. The topological polar surface area (TPSA) is 15.7 Å². The van der Waals surface area contributed by atoms with Crippen molar-refractivity contribution in [2.75, 3.05) is 33.4 Å². The van der Waals surface area contributed by atoms with Crippen LogP contribution in [0.5, 0.6) is 0 Å². The highest BCUT2D eigenvalue weighted by Gasteiger charge is 2.35. The predicted octanol–water partition coefficient (Wildman–Crippen LogP) is 0.666. The Balaban J connectivity index is 1.72. The van der Waals surface area contributed by atoms with E-state index in [9.17, 15) is 4.48 Å². The summed E-state index contributed by atoms with van der Waals surface area (Å²) < 4.78 is 18.0. The minimum absolute atomic E-state index is 0.128. The first-order chi connectivity index (χ1) is 6.27. The van der Waals surface area contributed by atoms with Gasteiger partial charge in [0.2, 0.25) is 0 Å². The van der Waals surface area contributed by atoms with Crippen LogP contribution in [0.1, 0.15) is 12.8 Å². The SMILES string of the molecule is CN(F)C1CN(C2CCOCC2)C1. The van der Waals surface area contributed by atoms with Gasteiger partial charge in [-0.1, -0.05) is 0 Å². The molecule has 0 radical (unpaired) electrons. The lowest BCUT2D eigenvalue weighted by Crippen LogP contribution is -2.60. The van der Waals surface area contributed by atoms with Crippen molar-refractivity contribution in [1.82, 2.24) is 10.0 Å².